The summed E-state index contributed by atoms with van der Waals surface area (Å²) in [5, 5.41) is 0. The van der Waals surface area contributed by atoms with E-state index >= 15 is 0 Å². The van der Waals surface area contributed by atoms with E-state index in [2.05, 4.69) is 6.92 Å². The van der Waals surface area contributed by atoms with Crippen LogP contribution in [0.4, 0.5) is 0 Å². The van der Waals surface area contributed by atoms with Crippen molar-refractivity contribution in [2.45, 2.75) is 6.92 Å². The van der Waals surface area contributed by atoms with Crippen LogP contribution in [0.3, 0.4) is 0 Å². The number of hydrogen-bond donors (Lipinski definition) is 0. The average molecular weight is 163 g/mol. The monoisotopic (exact) mass is 163 g/mol. The molecule has 1 radical (unpaired) electrons. The smallest absolute Gasteiger partial charge is 0 e. The van der Waals surface area contributed by atoms with Gasteiger partial charge < -0.3 is 29.2 Å². The Hall–Kier alpha value is 1.10. The van der Waals surface area contributed by atoms with Crippen LogP contribution in [0.2, 0.25) is 0 Å². The van der Waals surface area contributed by atoms with Gasteiger partial charge in [0.05, 0.1) is 0 Å². The van der Waals surface area contributed by atoms with Crippen LogP contribution in [0.25, 0.3) is 0 Å². The summed E-state index contributed by atoms with van der Waals surface area (Å²) >= 11 is 0. The zero-order valence-electron chi connectivity index (χ0n) is 5.28. The molecule has 0 spiro atoms. The van der Waals surface area contributed by atoms with Crippen molar-refractivity contribution in [3.8, 4) is 0 Å². The molecule has 41 valence electrons. The third-order valence-electron chi connectivity index (χ3n) is 0. The van der Waals surface area contributed by atoms with Gasteiger partial charge in [-0.15, -0.1) is 0 Å². The molecule has 0 rings (SSSR count). The summed E-state index contributed by atoms with van der Waals surface area (Å²) in [6, 6.07) is 0. The van der Waals surface area contributed by atoms with Gasteiger partial charge in [0.1, 0.15) is 0 Å². The Balaban J connectivity index is -0.000000000833. The van der Waals surface area contributed by atoms with Crippen molar-refractivity contribution < 1.29 is 32.7 Å². The Morgan fingerprint density at radius 3 is 0.833 bits per heavy atom. The summed E-state index contributed by atoms with van der Waals surface area (Å²) in [6.45, 7) is 5.00. The molecule has 0 nitrogen and oxygen atoms in total. The van der Waals surface area contributed by atoms with E-state index in [0.29, 0.717) is 0 Å². The van der Waals surface area contributed by atoms with Crippen LogP contribution in [-0.2, 0) is 32.7 Å². The Bertz CT molecular complexity index is 3.90. The van der Waals surface area contributed by atoms with Crippen LogP contribution in [0.15, 0.2) is 0 Å². The fourth-order valence-electron chi connectivity index (χ4n) is 0. The zero-order valence-corrected chi connectivity index (χ0v) is 8.12. The first kappa shape index (κ1) is 59.8. The molecule has 6 heavy (non-hydrogen) atoms. The third kappa shape index (κ3) is 70.5. The van der Waals surface area contributed by atoms with Gasteiger partial charge in [-0.05, 0) is 0 Å². The molecule has 0 aliphatic rings. The summed E-state index contributed by atoms with van der Waals surface area (Å²) in [6.07, 6.45) is 0. The predicted octanol–water partition coefficient (Wildman–Crippen LogP) is 2.19. The quantitative estimate of drug-likeness (QED) is 0.480. The van der Waals surface area contributed by atoms with E-state index in [1.54, 1.807) is 6.92 Å². The van der Waals surface area contributed by atoms with Crippen LogP contribution >= 0.6 is 0 Å². The Labute approximate surface area is 68.6 Å². The van der Waals surface area contributed by atoms with E-state index in [9.17, 15) is 0 Å². The van der Waals surface area contributed by atoms with Crippen LogP contribution in [-0.4, -0.2) is 0 Å². The molecule has 1 heteroatoms. The molecular formula is C5H14Y-4. The van der Waals surface area contributed by atoms with Gasteiger partial charge >= 0.3 is 0 Å². The third-order valence-corrected chi connectivity index (χ3v) is 0. The maximum absolute atomic E-state index is 3.25. The maximum Gasteiger partial charge on any atom is 0 e. The summed E-state index contributed by atoms with van der Waals surface area (Å²) in [5.41, 5.74) is 0. The van der Waals surface area contributed by atoms with Crippen LogP contribution in [0.1, 0.15) is 6.92 Å². The molecule has 0 heterocycles. The number of hydrogen-bond acceptors (Lipinski definition) is 0. The molecule has 0 aromatic rings. The molecule has 0 fully saturated rings. The van der Waals surface area contributed by atoms with Crippen molar-refractivity contribution in [3.05, 3.63) is 29.2 Å². The van der Waals surface area contributed by atoms with Crippen LogP contribution < -0.4 is 0 Å². The van der Waals surface area contributed by atoms with Crippen molar-refractivity contribution in [2.75, 3.05) is 0 Å². The van der Waals surface area contributed by atoms with E-state index in [0.717, 1.165) is 0 Å². The van der Waals surface area contributed by atoms with Gasteiger partial charge in [-0.1, -0.05) is 0 Å². The first-order valence-electron chi connectivity index (χ1n) is 0.707. The second kappa shape index (κ2) is 130. The van der Waals surface area contributed by atoms with E-state index in [1.807, 2.05) is 0 Å². The molecule has 0 bridgehead atoms. The Morgan fingerprint density at radius 1 is 0.833 bits per heavy atom. The van der Waals surface area contributed by atoms with Crippen molar-refractivity contribution >= 4 is 0 Å². The van der Waals surface area contributed by atoms with E-state index in [1.165, 1.54) is 0 Å². The van der Waals surface area contributed by atoms with Crippen molar-refractivity contribution in [1.82, 2.24) is 0 Å². The normalized spacial score (nSPS) is 1.00. The minimum atomic E-state index is 0. The largest absolute Gasteiger partial charge is 0.358 e. The maximum atomic E-state index is 3.25. The van der Waals surface area contributed by atoms with Crippen LogP contribution in [0, 0.1) is 29.2 Å². The first-order chi connectivity index (χ1) is 1.00. The van der Waals surface area contributed by atoms with Gasteiger partial charge in [0.2, 0.25) is 0 Å². The van der Waals surface area contributed by atoms with Crippen molar-refractivity contribution in [1.29, 1.82) is 0 Å². The molecule has 0 atom stereocenters. The molecule has 0 saturated carbocycles. The van der Waals surface area contributed by atoms with Crippen molar-refractivity contribution in [3.63, 3.8) is 0 Å². The molecule has 0 amide bonds. The van der Waals surface area contributed by atoms with E-state index in [-0.39, 0.29) is 55.0 Å². The SMILES string of the molecule is [CH2-]C.[CH3-].[CH3-].[CH3-].[Y]. The number of rotatable bonds is 0. The molecular weight excluding hydrogens is 149 g/mol. The molecule has 0 saturated heterocycles. The van der Waals surface area contributed by atoms with Gasteiger partial charge in [-0.2, -0.15) is 6.92 Å². The van der Waals surface area contributed by atoms with Gasteiger partial charge in [-0.25, -0.2) is 0 Å². The summed E-state index contributed by atoms with van der Waals surface area (Å²) in [7, 11) is 0. The molecule has 0 N–H and O–H groups in total. The van der Waals surface area contributed by atoms with Gasteiger partial charge in [0, 0.05) is 32.7 Å². The van der Waals surface area contributed by atoms with E-state index < -0.39 is 0 Å². The van der Waals surface area contributed by atoms with Gasteiger partial charge in [0.15, 0.2) is 0 Å². The minimum Gasteiger partial charge on any atom is -0.358 e. The molecule has 0 aromatic heterocycles. The van der Waals surface area contributed by atoms with Gasteiger partial charge in [0.25, 0.3) is 0 Å². The Morgan fingerprint density at radius 2 is 0.833 bits per heavy atom. The molecule has 0 unspecified atom stereocenters. The summed E-state index contributed by atoms with van der Waals surface area (Å²) in [5.74, 6) is 0. The van der Waals surface area contributed by atoms with E-state index in [4.69, 9.17) is 0 Å². The fourth-order valence-corrected chi connectivity index (χ4v) is 0. The first-order valence-corrected chi connectivity index (χ1v) is 0.707. The van der Waals surface area contributed by atoms with Crippen LogP contribution in [0.5, 0.6) is 0 Å². The standard InChI is InChI=1S/C2H5.3CH3.Y/c1-2;;;;/h1H2,2H3;3*1H3;/q4*-1;. The molecule has 0 aromatic carbocycles. The second-order valence-corrected chi connectivity index (χ2v) is 0. The fraction of sp³-hybridized carbons (Fsp3) is 0.200. The molecule has 0 aliphatic carbocycles. The Kier molecular flexibility index (Phi) is 1300. The summed E-state index contributed by atoms with van der Waals surface area (Å²) in [4.78, 5) is 0. The van der Waals surface area contributed by atoms with Gasteiger partial charge in [-0.3, -0.25) is 0 Å². The topological polar surface area (TPSA) is 0 Å². The minimum absolute atomic E-state index is 0. The zero-order chi connectivity index (χ0) is 2.00. The average Bonchev–Trinajstić information content (AvgIpc) is 1.00. The summed E-state index contributed by atoms with van der Waals surface area (Å²) < 4.78 is 0. The molecule has 0 aliphatic heterocycles. The van der Waals surface area contributed by atoms with Crippen molar-refractivity contribution in [2.24, 2.45) is 0 Å². The second-order valence-electron chi connectivity index (χ2n) is 0. The predicted molar refractivity (Wildman–Crippen MR) is 30.3 cm³/mol.